The Hall–Kier alpha value is -2.11. The molecular weight excluding hydrogens is 328 g/mol. The molecule has 0 radical (unpaired) electrons. The van der Waals surface area contributed by atoms with Crippen LogP contribution in [0.2, 0.25) is 0 Å². The summed E-state index contributed by atoms with van der Waals surface area (Å²) in [6.45, 7) is 1.01. The molecule has 1 aromatic rings. The van der Waals surface area contributed by atoms with Crippen LogP contribution in [0.3, 0.4) is 0 Å². The zero-order valence-corrected chi connectivity index (χ0v) is 14.0. The van der Waals surface area contributed by atoms with E-state index in [1.165, 1.54) is 12.1 Å². The molecule has 1 saturated carbocycles. The summed E-state index contributed by atoms with van der Waals surface area (Å²) in [7, 11) is 0. The van der Waals surface area contributed by atoms with Gasteiger partial charge in [0, 0.05) is 55.4 Å². The van der Waals surface area contributed by atoms with E-state index in [4.69, 9.17) is 0 Å². The van der Waals surface area contributed by atoms with Crippen molar-refractivity contribution >= 4 is 23.5 Å². The molecule has 3 rings (SSSR count). The second-order valence-electron chi connectivity index (χ2n) is 6.90. The fourth-order valence-electron chi connectivity index (χ4n) is 3.75. The summed E-state index contributed by atoms with van der Waals surface area (Å²) in [5.41, 5.74) is 0.159. The number of Topliss-reactive ketones (excluding diaryl/α,β-unsaturated/α-hetero) is 2. The van der Waals surface area contributed by atoms with Gasteiger partial charge < -0.3 is 9.69 Å². The minimum Gasteiger partial charge on any atom is -0.371 e. The number of nitrogens with zero attached hydrogens (tertiary/aromatic N) is 1. The van der Waals surface area contributed by atoms with Crippen molar-refractivity contribution in [1.29, 1.82) is 0 Å². The highest BCUT2D eigenvalue weighted by molar-refractivity contribution is 5.89. The number of anilines is 1. The smallest absolute Gasteiger partial charge is 0.140 e. The Labute approximate surface area is 145 Å². The molecule has 2 atom stereocenters. The van der Waals surface area contributed by atoms with Crippen LogP contribution in [0.5, 0.6) is 0 Å². The summed E-state index contributed by atoms with van der Waals surface area (Å²) in [6.07, 6.45) is 2.82. The molecule has 1 aliphatic heterocycles. The van der Waals surface area contributed by atoms with Gasteiger partial charge in [-0.15, -0.1) is 0 Å². The van der Waals surface area contributed by atoms with Crippen LogP contribution in [0.25, 0.3) is 0 Å². The third-order valence-corrected chi connectivity index (χ3v) is 5.17. The van der Waals surface area contributed by atoms with Gasteiger partial charge >= 0.3 is 0 Å². The number of rotatable bonds is 3. The highest BCUT2D eigenvalue weighted by Crippen LogP contribution is 2.34. The van der Waals surface area contributed by atoms with Gasteiger partial charge in [-0.05, 0) is 31.4 Å². The average molecular weight is 349 g/mol. The highest BCUT2D eigenvalue weighted by Gasteiger charge is 2.30. The van der Waals surface area contributed by atoms with Crippen LogP contribution in [0.15, 0.2) is 12.1 Å². The first-order valence-corrected chi connectivity index (χ1v) is 8.73. The van der Waals surface area contributed by atoms with E-state index < -0.39 is 17.6 Å². The normalized spacial score (nSPS) is 25.0. The Morgan fingerprint density at radius 2 is 1.76 bits per heavy atom. The molecule has 2 aliphatic rings. The van der Waals surface area contributed by atoms with Gasteiger partial charge in [-0.1, -0.05) is 0 Å². The number of hydrogen-bond donors (Lipinski definition) is 0. The maximum Gasteiger partial charge on any atom is 0.140 e. The van der Waals surface area contributed by atoms with Gasteiger partial charge in [-0.25, -0.2) is 8.78 Å². The van der Waals surface area contributed by atoms with E-state index in [2.05, 4.69) is 0 Å². The van der Waals surface area contributed by atoms with Crippen molar-refractivity contribution in [3.63, 3.8) is 0 Å². The van der Waals surface area contributed by atoms with Gasteiger partial charge in [-0.2, -0.15) is 0 Å². The quantitative estimate of drug-likeness (QED) is 0.787. The predicted octanol–water partition coefficient (Wildman–Crippen LogP) is 3.18. The Balaban J connectivity index is 1.87. The van der Waals surface area contributed by atoms with E-state index in [1.54, 1.807) is 4.90 Å². The number of carbonyl (C=O) groups is 3. The lowest BCUT2D eigenvalue weighted by Gasteiger charge is -2.23. The lowest BCUT2D eigenvalue weighted by Crippen LogP contribution is -2.22. The topological polar surface area (TPSA) is 54.5 Å². The van der Waals surface area contributed by atoms with Gasteiger partial charge in [-0.3, -0.25) is 9.59 Å². The van der Waals surface area contributed by atoms with Crippen molar-refractivity contribution in [1.82, 2.24) is 0 Å². The van der Waals surface area contributed by atoms with Gasteiger partial charge in [0.1, 0.15) is 29.5 Å². The van der Waals surface area contributed by atoms with Crippen molar-refractivity contribution in [2.45, 2.75) is 44.4 Å². The number of ketones is 2. The Kier molecular flexibility index (Phi) is 5.25. The van der Waals surface area contributed by atoms with Crippen LogP contribution < -0.4 is 4.90 Å². The second kappa shape index (κ2) is 7.42. The largest absolute Gasteiger partial charge is 0.371 e. The second-order valence-corrected chi connectivity index (χ2v) is 6.90. The molecule has 0 amide bonds. The number of carbonyl (C=O) groups excluding carboxylic acids is 3. The molecule has 1 saturated heterocycles. The number of halogens is 2. The Morgan fingerprint density at radius 1 is 1.04 bits per heavy atom. The summed E-state index contributed by atoms with van der Waals surface area (Å²) in [4.78, 5) is 36.6. The van der Waals surface area contributed by atoms with Crippen molar-refractivity contribution in [3.8, 4) is 0 Å². The van der Waals surface area contributed by atoms with Gasteiger partial charge in [0.2, 0.25) is 0 Å². The minimum absolute atomic E-state index is 0.0342. The van der Waals surface area contributed by atoms with Crippen molar-refractivity contribution < 1.29 is 23.2 Å². The molecule has 1 heterocycles. The molecular formula is C19H21F2NO3. The van der Waals surface area contributed by atoms with Gasteiger partial charge in [0.15, 0.2) is 0 Å². The standard InChI is InChI=1S/C19H21F2NO3/c20-16-8-13(22-7-6-12(10-22)11-23)9-17(21)19(16)15-5-4-14(24)2-1-3-18(15)25/h8-9,11-12,15H,1-7,10H2/t12-,15+/m1/s1. The third kappa shape index (κ3) is 3.78. The summed E-state index contributed by atoms with van der Waals surface area (Å²) < 4.78 is 29.3. The maximum absolute atomic E-state index is 14.7. The zero-order valence-electron chi connectivity index (χ0n) is 14.0. The molecule has 1 aliphatic carbocycles. The first-order chi connectivity index (χ1) is 12.0. The van der Waals surface area contributed by atoms with Crippen molar-refractivity contribution in [2.24, 2.45) is 5.92 Å². The van der Waals surface area contributed by atoms with Crippen LogP contribution in [0.4, 0.5) is 14.5 Å². The lowest BCUT2D eigenvalue weighted by atomic mass is 9.84. The van der Waals surface area contributed by atoms with Crippen LogP contribution in [0, 0.1) is 17.6 Å². The maximum atomic E-state index is 14.7. The first-order valence-electron chi connectivity index (χ1n) is 8.73. The van der Waals surface area contributed by atoms with Crippen molar-refractivity contribution in [2.75, 3.05) is 18.0 Å². The predicted molar refractivity (Wildman–Crippen MR) is 88.6 cm³/mol. The van der Waals surface area contributed by atoms with Crippen molar-refractivity contribution in [3.05, 3.63) is 29.3 Å². The molecule has 2 fully saturated rings. The summed E-state index contributed by atoms with van der Waals surface area (Å²) >= 11 is 0. The summed E-state index contributed by atoms with van der Waals surface area (Å²) in [5.74, 6) is -2.71. The van der Waals surface area contributed by atoms with Gasteiger partial charge in [0.05, 0.1) is 0 Å². The van der Waals surface area contributed by atoms with E-state index in [0.29, 0.717) is 38.0 Å². The Morgan fingerprint density at radius 3 is 2.40 bits per heavy atom. The van der Waals surface area contributed by atoms with E-state index in [9.17, 15) is 23.2 Å². The van der Waals surface area contributed by atoms with E-state index in [1.807, 2.05) is 0 Å². The molecule has 0 aromatic heterocycles. The molecule has 0 N–H and O–H groups in total. The molecule has 0 bridgehead atoms. The molecule has 1 aromatic carbocycles. The first kappa shape index (κ1) is 17.7. The average Bonchev–Trinajstić information content (AvgIpc) is 3.04. The molecule has 6 heteroatoms. The fourth-order valence-corrected chi connectivity index (χ4v) is 3.75. The number of hydrogen-bond acceptors (Lipinski definition) is 4. The molecule has 25 heavy (non-hydrogen) atoms. The number of benzene rings is 1. The van der Waals surface area contributed by atoms with E-state index >= 15 is 0 Å². The molecule has 4 nitrogen and oxygen atoms in total. The lowest BCUT2D eigenvalue weighted by molar-refractivity contribution is -0.124. The third-order valence-electron chi connectivity index (χ3n) is 5.17. The zero-order chi connectivity index (χ0) is 18.0. The Bertz CT molecular complexity index is 681. The van der Waals surface area contributed by atoms with Crippen LogP contribution in [-0.4, -0.2) is 30.9 Å². The van der Waals surface area contributed by atoms with E-state index in [-0.39, 0.29) is 42.3 Å². The summed E-state index contributed by atoms with van der Waals surface area (Å²) in [6, 6.07) is 2.47. The molecule has 0 spiro atoms. The highest BCUT2D eigenvalue weighted by atomic mass is 19.1. The van der Waals surface area contributed by atoms with Crippen LogP contribution in [-0.2, 0) is 14.4 Å². The van der Waals surface area contributed by atoms with E-state index in [0.717, 1.165) is 6.29 Å². The SMILES string of the molecule is O=C[C@@H]1CCN(c2cc(F)c([C@H]3CCC(=O)CCCC3=O)c(F)c2)C1. The number of aldehydes is 1. The molecule has 0 unspecified atom stereocenters. The fraction of sp³-hybridized carbons (Fsp3) is 0.526. The van der Waals surface area contributed by atoms with Gasteiger partial charge in [0.25, 0.3) is 0 Å². The van der Waals surface area contributed by atoms with Crippen LogP contribution in [0.1, 0.15) is 50.0 Å². The summed E-state index contributed by atoms with van der Waals surface area (Å²) in [5, 5.41) is 0. The monoisotopic (exact) mass is 349 g/mol. The minimum atomic E-state index is -0.903. The molecule has 134 valence electrons. The van der Waals surface area contributed by atoms with Crippen LogP contribution >= 0.6 is 0 Å².